The van der Waals surface area contributed by atoms with Crippen LogP contribution in [0.2, 0.25) is 0 Å². The summed E-state index contributed by atoms with van der Waals surface area (Å²) in [5, 5.41) is 11.7. The Hall–Kier alpha value is -2.27. The number of aromatic nitrogens is 2. The minimum absolute atomic E-state index is 0.0491. The Bertz CT molecular complexity index is 955. The zero-order valence-corrected chi connectivity index (χ0v) is 18.3. The number of hydrogen-bond donors (Lipinski definition) is 2. The molecule has 1 aromatic heterocycles. The number of aromatic hydroxyl groups is 1. The van der Waals surface area contributed by atoms with Crippen molar-refractivity contribution in [2.45, 2.75) is 57.5 Å². The molecule has 0 saturated heterocycles. The minimum atomic E-state index is -0.252. The molecule has 0 saturated carbocycles. The number of thioether (sulfide) groups is 1. The number of carbonyl (C=O) groups is 1. The van der Waals surface area contributed by atoms with Crippen LogP contribution in [0.1, 0.15) is 63.0 Å². The fourth-order valence-electron chi connectivity index (χ4n) is 3.21. The molecular formula is C23H29N2O2S+. The number of nitrogens with one attached hydrogen (secondary N) is 2. The van der Waals surface area contributed by atoms with E-state index in [0.29, 0.717) is 17.1 Å². The third-order valence-corrected chi connectivity index (χ3v) is 5.72. The highest BCUT2D eigenvalue weighted by Gasteiger charge is 2.28. The van der Waals surface area contributed by atoms with Gasteiger partial charge < -0.3 is 5.11 Å². The molecule has 0 fully saturated rings. The molecule has 0 aliphatic rings. The van der Waals surface area contributed by atoms with E-state index in [1.165, 1.54) is 11.8 Å². The van der Waals surface area contributed by atoms with Gasteiger partial charge in [-0.25, -0.2) is 9.97 Å². The highest BCUT2D eigenvalue weighted by molar-refractivity contribution is 7.99. The molecule has 0 spiro atoms. The van der Waals surface area contributed by atoms with Crippen molar-refractivity contribution in [2.75, 3.05) is 5.75 Å². The largest absolute Gasteiger partial charge is 0.507 e. The van der Waals surface area contributed by atoms with Crippen molar-refractivity contribution >= 4 is 28.6 Å². The van der Waals surface area contributed by atoms with Gasteiger partial charge in [0.1, 0.15) is 5.75 Å². The topological polar surface area (TPSA) is 67.2 Å². The van der Waals surface area contributed by atoms with Crippen molar-refractivity contribution in [3.05, 3.63) is 53.1 Å². The lowest BCUT2D eigenvalue weighted by atomic mass is 9.78. The van der Waals surface area contributed by atoms with E-state index in [2.05, 4.69) is 51.5 Å². The van der Waals surface area contributed by atoms with Crippen LogP contribution in [-0.4, -0.2) is 21.6 Å². The van der Waals surface area contributed by atoms with Crippen LogP contribution in [0.5, 0.6) is 5.75 Å². The van der Waals surface area contributed by atoms with Gasteiger partial charge in [0.05, 0.1) is 5.75 Å². The smallest absolute Gasteiger partial charge is 0.314 e. The second-order valence-electron chi connectivity index (χ2n) is 9.26. The van der Waals surface area contributed by atoms with Crippen LogP contribution in [0.4, 0.5) is 0 Å². The first-order chi connectivity index (χ1) is 13.0. The fraction of sp³-hybridized carbons (Fsp3) is 0.391. The Labute approximate surface area is 170 Å². The van der Waals surface area contributed by atoms with Crippen molar-refractivity contribution in [1.29, 1.82) is 0 Å². The summed E-state index contributed by atoms with van der Waals surface area (Å²) in [7, 11) is 0. The molecule has 0 atom stereocenters. The molecule has 3 N–H and O–H groups in total. The van der Waals surface area contributed by atoms with Crippen LogP contribution in [0, 0.1) is 0 Å². The number of rotatable bonds is 4. The van der Waals surface area contributed by atoms with E-state index in [9.17, 15) is 9.90 Å². The van der Waals surface area contributed by atoms with Crippen molar-refractivity contribution < 1.29 is 14.9 Å². The molecule has 28 heavy (non-hydrogen) atoms. The van der Waals surface area contributed by atoms with E-state index in [-0.39, 0.29) is 16.6 Å². The van der Waals surface area contributed by atoms with E-state index < -0.39 is 0 Å². The number of hydrogen-bond acceptors (Lipinski definition) is 3. The van der Waals surface area contributed by atoms with E-state index in [1.54, 1.807) is 0 Å². The van der Waals surface area contributed by atoms with Crippen LogP contribution in [0.25, 0.3) is 11.0 Å². The standard InChI is InChI=1S/C23H28N2O2S/c1-22(2,3)15-11-14(12-16(20(15)27)23(4,5)6)19(26)13-28-21-24-17-9-7-8-10-18(17)25-21/h7-12,27H,13H2,1-6H3,(H,24,25)/p+1. The maximum Gasteiger partial charge on any atom is 0.314 e. The average molecular weight is 398 g/mol. The fourth-order valence-corrected chi connectivity index (χ4v) is 4.02. The molecule has 0 amide bonds. The van der Waals surface area contributed by atoms with Crippen LogP contribution < -0.4 is 4.98 Å². The van der Waals surface area contributed by atoms with Crippen LogP contribution in [0.15, 0.2) is 41.6 Å². The molecule has 0 radical (unpaired) electrons. The Kier molecular flexibility index (Phi) is 5.32. The number of phenolic OH excluding ortho intramolecular Hbond substituents is 1. The van der Waals surface area contributed by atoms with Crippen molar-refractivity contribution in [2.24, 2.45) is 0 Å². The van der Waals surface area contributed by atoms with E-state index in [4.69, 9.17) is 0 Å². The number of H-pyrrole nitrogens is 2. The van der Waals surface area contributed by atoms with Gasteiger partial charge in [-0.2, -0.15) is 0 Å². The number of carbonyl (C=O) groups excluding carboxylic acids is 1. The summed E-state index contributed by atoms with van der Waals surface area (Å²) in [4.78, 5) is 19.6. The average Bonchev–Trinajstić information content (AvgIpc) is 3.00. The van der Waals surface area contributed by atoms with Crippen LogP contribution in [-0.2, 0) is 10.8 Å². The maximum atomic E-state index is 13.0. The Morgan fingerprint density at radius 1 is 1.04 bits per heavy atom. The van der Waals surface area contributed by atoms with Gasteiger partial charge in [0.25, 0.3) is 0 Å². The first kappa shape index (κ1) is 20.5. The Morgan fingerprint density at radius 3 is 2.14 bits per heavy atom. The number of benzene rings is 2. The number of ketones is 1. The number of para-hydroxylation sites is 2. The summed E-state index contributed by atoms with van der Waals surface area (Å²) in [5.74, 6) is 0.669. The zero-order valence-electron chi connectivity index (χ0n) is 17.4. The van der Waals surface area contributed by atoms with Gasteiger partial charge in [-0.15, -0.1) is 0 Å². The normalized spacial score (nSPS) is 12.5. The molecule has 5 heteroatoms. The van der Waals surface area contributed by atoms with Gasteiger partial charge in [0.2, 0.25) is 0 Å². The molecule has 0 aliphatic heterocycles. The predicted molar refractivity (Wildman–Crippen MR) is 115 cm³/mol. The molecule has 0 unspecified atom stereocenters. The lowest BCUT2D eigenvalue weighted by Gasteiger charge is -2.28. The van der Waals surface area contributed by atoms with Crippen molar-refractivity contribution in [1.82, 2.24) is 4.98 Å². The Morgan fingerprint density at radius 2 is 1.61 bits per heavy atom. The SMILES string of the molecule is CC(C)(C)c1cc(C(=O)CSc2[nH]c3ccccc3[nH+]2)cc(C(C)(C)C)c1O. The number of aromatic amines is 2. The highest BCUT2D eigenvalue weighted by Crippen LogP contribution is 2.40. The highest BCUT2D eigenvalue weighted by atomic mass is 32.2. The third-order valence-electron chi connectivity index (χ3n) is 4.82. The minimum Gasteiger partial charge on any atom is -0.507 e. The molecule has 3 aromatic rings. The van der Waals surface area contributed by atoms with Gasteiger partial charge in [-0.1, -0.05) is 53.7 Å². The summed E-state index contributed by atoms with van der Waals surface area (Å²) < 4.78 is 0. The van der Waals surface area contributed by atoms with Gasteiger partial charge >= 0.3 is 5.16 Å². The molecule has 2 aromatic carbocycles. The number of imidazole rings is 1. The van der Waals surface area contributed by atoms with E-state index in [1.807, 2.05) is 36.4 Å². The summed E-state index contributed by atoms with van der Waals surface area (Å²) in [6.45, 7) is 12.3. The molecule has 0 aliphatic carbocycles. The number of fused-ring (bicyclic) bond motifs is 1. The molecule has 4 nitrogen and oxygen atoms in total. The number of phenols is 1. The van der Waals surface area contributed by atoms with Crippen LogP contribution >= 0.6 is 11.8 Å². The molecule has 3 rings (SSSR count). The first-order valence-electron chi connectivity index (χ1n) is 9.51. The van der Waals surface area contributed by atoms with Crippen LogP contribution in [0.3, 0.4) is 0 Å². The summed E-state index contributed by atoms with van der Waals surface area (Å²) in [5.41, 5.74) is 3.81. The summed E-state index contributed by atoms with van der Waals surface area (Å²) in [6, 6.07) is 11.7. The van der Waals surface area contributed by atoms with Gasteiger partial charge in [-0.3, -0.25) is 4.79 Å². The lowest BCUT2D eigenvalue weighted by Crippen LogP contribution is -2.19. The maximum absolute atomic E-state index is 13.0. The summed E-state index contributed by atoms with van der Waals surface area (Å²) >= 11 is 1.46. The van der Waals surface area contributed by atoms with E-state index in [0.717, 1.165) is 27.3 Å². The van der Waals surface area contributed by atoms with E-state index >= 15 is 0 Å². The monoisotopic (exact) mass is 397 g/mol. The molecule has 148 valence electrons. The zero-order chi connectivity index (χ0) is 20.7. The second-order valence-corrected chi connectivity index (χ2v) is 10.2. The lowest BCUT2D eigenvalue weighted by molar-refractivity contribution is -0.396. The number of Topliss-reactive ketones (excluding diaryl/α,β-unsaturated/α-hetero) is 1. The van der Waals surface area contributed by atoms with Gasteiger partial charge in [0, 0.05) is 16.7 Å². The summed E-state index contributed by atoms with van der Waals surface area (Å²) in [6.07, 6.45) is 0. The Balaban J connectivity index is 1.90. The molecular weight excluding hydrogens is 368 g/mol. The molecule has 1 heterocycles. The predicted octanol–water partition coefficient (Wildman–Crippen LogP) is 5.26. The van der Waals surface area contributed by atoms with Gasteiger partial charge in [0.15, 0.2) is 16.8 Å². The van der Waals surface area contributed by atoms with Crippen molar-refractivity contribution in [3.8, 4) is 5.75 Å². The second kappa shape index (κ2) is 7.28. The van der Waals surface area contributed by atoms with Crippen molar-refractivity contribution in [3.63, 3.8) is 0 Å². The van der Waals surface area contributed by atoms with Gasteiger partial charge in [-0.05, 0) is 46.9 Å². The third kappa shape index (κ3) is 4.25. The first-order valence-corrected chi connectivity index (χ1v) is 10.5. The quantitative estimate of drug-likeness (QED) is 0.466. The molecule has 0 bridgehead atoms.